The largest absolute Gasteiger partial charge is 0.480 e. The second-order valence-electron chi connectivity index (χ2n) is 9.05. The summed E-state index contributed by atoms with van der Waals surface area (Å²) in [6.45, 7) is 7.19. The quantitative estimate of drug-likeness (QED) is 0.505. The molecule has 0 spiro atoms. The van der Waals surface area contributed by atoms with Gasteiger partial charge in [0.05, 0.1) is 24.8 Å². The molecule has 0 saturated carbocycles. The van der Waals surface area contributed by atoms with Crippen LogP contribution >= 0.6 is 0 Å². The SMILES string of the molecule is COC(=O)c1cc(N2CCC[C@@H](C)C2)ccc1NC(=O)[C@H](CC(F)(F)F)Oc1c(C)cccc1C. The Balaban J connectivity index is 1.89. The van der Waals surface area contributed by atoms with Crippen molar-refractivity contribution in [3.05, 3.63) is 53.1 Å². The zero-order valence-corrected chi connectivity index (χ0v) is 20.4. The second kappa shape index (κ2) is 11.0. The number of halogens is 3. The molecule has 190 valence electrons. The van der Waals surface area contributed by atoms with Gasteiger partial charge in [0.15, 0.2) is 6.10 Å². The van der Waals surface area contributed by atoms with E-state index in [1.165, 1.54) is 13.2 Å². The average molecular weight is 493 g/mol. The Kier molecular flexibility index (Phi) is 8.30. The fourth-order valence-electron chi connectivity index (χ4n) is 4.28. The van der Waals surface area contributed by atoms with Crippen LogP contribution in [0.25, 0.3) is 0 Å². The summed E-state index contributed by atoms with van der Waals surface area (Å²) in [7, 11) is 1.21. The van der Waals surface area contributed by atoms with Crippen molar-refractivity contribution in [3.8, 4) is 5.75 Å². The number of methoxy groups -OCH3 is 1. The number of nitrogens with zero attached hydrogens (tertiary/aromatic N) is 1. The van der Waals surface area contributed by atoms with E-state index in [2.05, 4.69) is 17.1 Å². The number of alkyl halides is 3. The van der Waals surface area contributed by atoms with Gasteiger partial charge in [-0.05, 0) is 61.9 Å². The maximum absolute atomic E-state index is 13.3. The highest BCUT2D eigenvalue weighted by Gasteiger charge is 2.38. The van der Waals surface area contributed by atoms with Crippen LogP contribution < -0.4 is 15.0 Å². The van der Waals surface area contributed by atoms with Gasteiger partial charge in [0.1, 0.15) is 5.75 Å². The Morgan fingerprint density at radius 3 is 2.46 bits per heavy atom. The smallest absolute Gasteiger partial charge is 0.393 e. The highest BCUT2D eigenvalue weighted by atomic mass is 19.4. The zero-order valence-electron chi connectivity index (χ0n) is 20.4. The molecule has 1 aliphatic heterocycles. The number of amides is 1. The lowest BCUT2D eigenvalue weighted by Crippen LogP contribution is -2.38. The molecule has 1 saturated heterocycles. The number of benzene rings is 2. The van der Waals surface area contributed by atoms with Gasteiger partial charge in [-0.1, -0.05) is 25.1 Å². The Morgan fingerprint density at radius 1 is 1.17 bits per heavy atom. The summed E-state index contributed by atoms with van der Waals surface area (Å²) in [6.07, 6.45) is -5.83. The molecule has 0 bridgehead atoms. The highest BCUT2D eigenvalue weighted by Crippen LogP contribution is 2.31. The molecule has 35 heavy (non-hydrogen) atoms. The fourth-order valence-corrected chi connectivity index (χ4v) is 4.28. The van der Waals surface area contributed by atoms with Crippen molar-refractivity contribution in [2.24, 2.45) is 5.92 Å². The summed E-state index contributed by atoms with van der Waals surface area (Å²) >= 11 is 0. The summed E-state index contributed by atoms with van der Waals surface area (Å²) in [5, 5.41) is 2.46. The summed E-state index contributed by atoms with van der Waals surface area (Å²) < 4.78 is 50.4. The van der Waals surface area contributed by atoms with Gasteiger partial charge in [0.2, 0.25) is 0 Å². The van der Waals surface area contributed by atoms with Crippen molar-refractivity contribution < 1.29 is 32.2 Å². The molecule has 2 aromatic rings. The number of piperidine rings is 1. The minimum Gasteiger partial charge on any atom is -0.480 e. The van der Waals surface area contributed by atoms with Crippen LogP contribution in [0.5, 0.6) is 5.75 Å². The van der Waals surface area contributed by atoms with Gasteiger partial charge in [-0.25, -0.2) is 4.79 Å². The summed E-state index contributed by atoms with van der Waals surface area (Å²) in [5.41, 5.74) is 2.14. The molecular formula is C26H31F3N2O4. The van der Waals surface area contributed by atoms with Crippen LogP contribution in [-0.2, 0) is 9.53 Å². The Bertz CT molecular complexity index is 1050. The van der Waals surface area contributed by atoms with Gasteiger partial charge in [0, 0.05) is 18.8 Å². The number of rotatable bonds is 7. The van der Waals surface area contributed by atoms with Crippen LogP contribution in [0.4, 0.5) is 24.5 Å². The molecule has 2 atom stereocenters. The van der Waals surface area contributed by atoms with Gasteiger partial charge in [0.25, 0.3) is 5.91 Å². The Morgan fingerprint density at radius 2 is 1.86 bits per heavy atom. The minimum absolute atomic E-state index is 0.0629. The van der Waals surface area contributed by atoms with Crippen molar-refractivity contribution >= 4 is 23.3 Å². The molecular weight excluding hydrogens is 461 g/mol. The molecule has 6 nitrogen and oxygen atoms in total. The number of anilines is 2. The van der Waals surface area contributed by atoms with Gasteiger partial charge >= 0.3 is 12.1 Å². The van der Waals surface area contributed by atoms with Gasteiger partial charge in [-0.3, -0.25) is 4.79 Å². The standard InChI is InChI=1S/C26H31F3N2O4/c1-16-7-6-12-31(15-16)19-10-11-21(20(13-19)25(33)34-4)30-24(32)22(14-26(27,28)29)35-23-17(2)8-5-9-18(23)3/h5,8-11,13,16,22H,6-7,12,14-15H2,1-4H3,(H,30,32)/t16-,22+/m1/s1. The molecule has 0 aliphatic carbocycles. The van der Waals surface area contributed by atoms with Gasteiger partial charge in [-0.2, -0.15) is 13.2 Å². The van der Waals surface area contributed by atoms with Gasteiger partial charge in [-0.15, -0.1) is 0 Å². The number of hydrogen-bond donors (Lipinski definition) is 1. The third kappa shape index (κ3) is 6.90. The normalized spacial score (nSPS) is 17.0. The first-order valence-corrected chi connectivity index (χ1v) is 11.6. The first-order valence-electron chi connectivity index (χ1n) is 11.6. The Labute approximate surface area is 203 Å². The topological polar surface area (TPSA) is 67.9 Å². The molecule has 1 aliphatic rings. The number of nitrogens with one attached hydrogen (secondary N) is 1. The maximum Gasteiger partial charge on any atom is 0.393 e. The van der Waals surface area contributed by atoms with E-state index >= 15 is 0 Å². The summed E-state index contributed by atoms with van der Waals surface area (Å²) in [5.74, 6) is -0.987. The van der Waals surface area contributed by atoms with Crippen molar-refractivity contribution in [1.82, 2.24) is 0 Å². The summed E-state index contributed by atoms with van der Waals surface area (Å²) in [4.78, 5) is 27.6. The maximum atomic E-state index is 13.3. The Hall–Kier alpha value is -3.23. The molecule has 1 fully saturated rings. The van der Waals surface area contributed by atoms with Crippen LogP contribution in [0.1, 0.15) is 47.7 Å². The number of ether oxygens (including phenoxy) is 2. The molecule has 3 rings (SSSR count). The van der Waals surface area contributed by atoms with E-state index in [0.717, 1.165) is 31.6 Å². The van der Waals surface area contributed by atoms with E-state index in [9.17, 15) is 22.8 Å². The van der Waals surface area contributed by atoms with E-state index in [4.69, 9.17) is 9.47 Å². The van der Waals surface area contributed by atoms with Crippen LogP contribution in [0.15, 0.2) is 36.4 Å². The van der Waals surface area contributed by atoms with E-state index in [0.29, 0.717) is 17.0 Å². The molecule has 0 radical (unpaired) electrons. The summed E-state index contributed by atoms with van der Waals surface area (Å²) in [6, 6.07) is 10.0. The molecule has 2 aromatic carbocycles. The highest BCUT2D eigenvalue weighted by molar-refractivity contribution is 6.03. The first kappa shape index (κ1) is 26.4. The van der Waals surface area contributed by atoms with Crippen LogP contribution in [0, 0.1) is 19.8 Å². The van der Waals surface area contributed by atoms with Crippen LogP contribution in [-0.4, -0.2) is 44.4 Å². The lowest BCUT2D eigenvalue weighted by Gasteiger charge is -2.33. The van der Waals surface area contributed by atoms with E-state index in [1.54, 1.807) is 44.2 Å². The predicted molar refractivity (Wildman–Crippen MR) is 128 cm³/mol. The number of para-hydroxylation sites is 1. The van der Waals surface area contributed by atoms with Crippen LogP contribution in [0.2, 0.25) is 0 Å². The number of hydrogen-bond acceptors (Lipinski definition) is 5. The van der Waals surface area contributed by atoms with Crippen LogP contribution in [0.3, 0.4) is 0 Å². The molecule has 1 N–H and O–H groups in total. The third-order valence-corrected chi connectivity index (χ3v) is 6.07. The molecule has 0 aromatic heterocycles. The second-order valence-corrected chi connectivity index (χ2v) is 9.05. The molecule has 0 unspecified atom stereocenters. The lowest BCUT2D eigenvalue weighted by molar-refractivity contribution is -0.158. The number of esters is 1. The third-order valence-electron chi connectivity index (χ3n) is 6.07. The minimum atomic E-state index is -4.64. The zero-order chi connectivity index (χ0) is 25.8. The monoisotopic (exact) mass is 492 g/mol. The van der Waals surface area contributed by atoms with Crippen molar-refractivity contribution in [2.45, 2.75) is 52.3 Å². The van der Waals surface area contributed by atoms with Crippen molar-refractivity contribution in [3.63, 3.8) is 0 Å². The molecule has 9 heteroatoms. The van der Waals surface area contributed by atoms with Crippen molar-refractivity contribution in [1.29, 1.82) is 0 Å². The number of carbonyl (C=O) groups is 2. The average Bonchev–Trinajstić information content (AvgIpc) is 2.79. The molecule has 1 heterocycles. The van der Waals surface area contributed by atoms with E-state index in [1.807, 2.05) is 0 Å². The first-order chi connectivity index (χ1) is 16.5. The number of carbonyl (C=O) groups excluding carboxylic acids is 2. The van der Waals surface area contributed by atoms with Crippen molar-refractivity contribution in [2.75, 3.05) is 30.4 Å². The van der Waals surface area contributed by atoms with Gasteiger partial charge < -0.3 is 19.7 Å². The lowest BCUT2D eigenvalue weighted by atomic mass is 9.99. The van der Waals surface area contributed by atoms with E-state index < -0.39 is 30.6 Å². The fraction of sp³-hybridized carbons (Fsp3) is 0.462. The number of aryl methyl sites for hydroxylation is 2. The van der Waals surface area contributed by atoms with E-state index in [-0.39, 0.29) is 17.0 Å². The molecule has 1 amide bonds. The predicted octanol–water partition coefficient (Wildman–Crippen LogP) is 5.66.